The molecule has 0 aliphatic rings. The zero-order valence-corrected chi connectivity index (χ0v) is 15.4. The Morgan fingerprint density at radius 3 is 2.36 bits per heavy atom. The predicted molar refractivity (Wildman–Crippen MR) is 97.5 cm³/mol. The van der Waals surface area contributed by atoms with Crippen LogP contribution in [0.2, 0.25) is 0 Å². The average molecular weight is 395 g/mol. The van der Waals surface area contributed by atoms with Gasteiger partial charge in [-0.3, -0.25) is 4.79 Å². The van der Waals surface area contributed by atoms with Crippen LogP contribution in [0, 0.1) is 0 Å². The van der Waals surface area contributed by atoms with Crippen LogP contribution in [0.25, 0.3) is 0 Å². The fourth-order valence-electron chi connectivity index (χ4n) is 2.59. The highest BCUT2D eigenvalue weighted by Gasteiger charge is 2.31. The summed E-state index contributed by atoms with van der Waals surface area (Å²) in [5, 5.41) is 8.59. The largest absolute Gasteiger partial charge is 0.482 e. The van der Waals surface area contributed by atoms with E-state index in [1.54, 1.807) is 32.2 Å². The molecular formula is C20H20F3NO4. The third kappa shape index (κ3) is 5.73. The maximum Gasteiger partial charge on any atom is 0.416 e. The Hall–Kier alpha value is -3.03. The summed E-state index contributed by atoms with van der Waals surface area (Å²) in [4.78, 5) is 24.4. The summed E-state index contributed by atoms with van der Waals surface area (Å²) in [5.74, 6) is -1.40. The molecule has 0 heterocycles. The Morgan fingerprint density at radius 1 is 1.14 bits per heavy atom. The minimum absolute atomic E-state index is 0.0368. The number of carboxylic acids is 1. The highest BCUT2D eigenvalue weighted by Crippen LogP contribution is 2.32. The van der Waals surface area contributed by atoms with Crippen molar-refractivity contribution in [3.8, 4) is 5.75 Å². The van der Waals surface area contributed by atoms with Crippen LogP contribution < -0.4 is 9.64 Å². The standard InChI is InChI=1S/C20H20F3NO4/c1-13(14-4-3-5-15(11-14)20(21,22)23)10-18(25)24(2)16-6-8-17(9-7-16)28-12-19(26)27/h3-9,11,13H,10,12H2,1-2H3,(H,26,27). The van der Waals surface area contributed by atoms with E-state index in [0.29, 0.717) is 17.0 Å². The number of hydrogen-bond acceptors (Lipinski definition) is 3. The van der Waals surface area contributed by atoms with Gasteiger partial charge in [0.25, 0.3) is 0 Å². The maximum absolute atomic E-state index is 12.9. The van der Waals surface area contributed by atoms with Crippen molar-refractivity contribution in [1.82, 2.24) is 0 Å². The van der Waals surface area contributed by atoms with Crippen molar-refractivity contribution in [2.75, 3.05) is 18.6 Å². The third-order valence-electron chi connectivity index (χ3n) is 4.22. The molecule has 5 nitrogen and oxygen atoms in total. The molecule has 28 heavy (non-hydrogen) atoms. The molecular weight excluding hydrogens is 375 g/mol. The van der Waals surface area contributed by atoms with Gasteiger partial charge in [-0.05, 0) is 41.8 Å². The summed E-state index contributed by atoms with van der Waals surface area (Å²) < 4.78 is 43.6. The Balaban J connectivity index is 2.02. The summed E-state index contributed by atoms with van der Waals surface area (Å²) in [5.41, 5.74) is 0.257. The number of hydrogen-bond donors (Lipinski definition) is 1. The van der Waals surface area contributed by atoms with E-state index >= 15 is 0 Å². The first-order valence-electron chi connectivity index (χ1n) is 8.46. The molecule has 0 fully saturated rings. The van der Waals surface area contributed by atoms with Gasteiger partial charge in [-0.1, -0.05) is 25.1 Å². The van der Waals surface area contributed by atoms with E-state index < -0.39 is 30.2 Å². The maximum atomic E-state index is 12.9. The average Bonchev–Trinajstić information content (AvgIpc) is 2.65. The van der Waals surface area contributed by atoms with E-state index in [1.165, 1.54) is 23.1 Å². The number of carboxylic acid groups (broad SMARTS) is 1. The Labute approximate surface area is 160 Å². The fourth-order valence-corrected chi connectivity index (χ4v) is 2.59. The van der Waals surface area contributed by atoms with Gasteiger partial charge in [-0.15, -0.1) is 0 Å². The van der Waals surface area contributed by atoms with Gasteiger partial charge in [0.1, 0.15) is 5.75 Å². The fraction of sp³-hybridized carbons (Fsp3) is 0.300. The number of amides is 1. The molecule has 150 valence electrons. The number of carbonyl (C=O) groups is 2. The van der Waals surface area contributed by atoms with Gasteiger partial charge in [-0.2, -0.15) is 13.2 Å². The summed E-state index contributed by atoms with van der Waals surface area (Å²) in [6.07, 6.45) is -4.39. The minimum atomic E-state index is -4.43. The van der Waals surface area contributed by atoms with Gasteiger partial charge < -0.3 is 14.7 Å². The molecule has 0 radical (unpaired) electrons. The van der Waals surface area contributed by atoms with Crippen molar-refractivity contribution in [1.29, 1.82) is 0 Å². The quantitative estimate of drug-likeness (QED) is 0.758. The first-order chi connectivity index (χ1) is 13.1. The van der Waals surface area contributed by atoms with E-state index in [1.807, 2.05) is 0 Å². The Morgan fingerprint density at radius 2 is 1.79 bits per heavy atom. The van der Waals surface area contributed by atoms with Crippen LogP contribution >= 0.6 is 0 Å². The number of ether oxygens (including phenoxy) is 1. The second kappa shape index (κ2) is 8.77. The minimum Gasteiger partial charge on any atom is -0.482 e. The van der Waals surface area contributed by atoms with E-state index in [0.717, 1.165) is 12.1 Å². The van der Waals surface area contributed by atoms with Crippen molar-refractivity contribution < 1.29 is 32.6 Å². The van der Waals surface area contributed by atoms with E-state index in [2.05, 4.69) is 0 Å². The predicted octanol–water partition coefficient (Wildman–Crippen LogP) is 4.33. The molecule has 0 saturated carbocycles. The third-order valence-corrected chi connectivity index (χ3v) is 4.22. The summed E-state index contributed by atoms with van der Waals surface area (Å²) >= 11 is 0. The van der Waals surface area contributed by atoms with Crippen molar-refractivity contribution in [3.05, 3.63) is 59.7 Å². The molecule has 0 aromatic heterocycles. The molecule has 1 amide bonds. The zero-order chi connectivity index (χ0) is 20.9. The SMILES string of the molecule is CC(CC(=O)N(C)c1ccc(OCC(=O)O)cc1)c1cccc(C(F)(F)F)c1. The van der Waals surface area contributed by atoms with Gasteiger partial charge in [0.2, 0.25) is 5.91 Å². The first-order valence-corrected chi connectivity index (χ1v) is 8.46. The van der Waals surface area contributed by atoms with Gasteiger partial charge in [0, 0.05) is 19.2 Å². The molecule has 0 saturated heterocycles. The normalized spacial score (nSPS) is 12.3. The van der Waals surface area contributed by atoms with Gasteiger partial charge in [-0.25, -0.2) is 4.79 Å². The van der Waals surface area contributed by atoms with Crippen LogP contribution in [0.15, 0.2) is 48.5 Å². The molecule has 2 rings (SSSR count). The summed E-state index contributed by atoms with van der Waals surface area (Å²) in [6, 6.07) is 11.2. The summed E-state index contributed by atoms with van der Waals surface area (Å²) in [6.45, 7) is 1.23. The van der Waals surface area contributed by atoms with Crippen molar-refractivity contribution in [3.63, 3.8) is 0 Å². The lowest BCUT2D eigenvalue weighted by atomic mass is 9.95. The smallest absolute Gasteiger partial charge is 0.416 e. The number of carbonyl (C=O) groups excluding carboxylic acids is 1. The first kappa shape index (κ1) is 21.3. The second-order valence-corrected chi connectivity index (χ2v) is 6.36. The van der Waals surface area contributed by atoms with Gasteiger partial charge in [0.15, 0.2) is 6.61 Å². The number of anilines is 1. The van der Waals surface area contributed by atoms with Crippen LogP contribution in [-0.4, -0.2) is 30.6 Å². The van der Waals surface area contributed by atoms with E-state index in [-0.39, 0.29) is 12.3 Å². The van der Waals surface area contributed by atoms with Crippen molar-refractivity contribution in [2.24, 2.45) is 0 Å². The van der Waals surface area contributed by atoms with Gasteiger partial charge in [0.05, 0.1) is 5.56 Å². The highest BCUT2D eigenvalue weighted by molar-refractivity contribution is 5.93. The molecule has 1 unspecified atom stereocenters. The lowest BCUT2D eigenvalue weighted by Crippen LogP contribution is -2.27. The molecule has 1 atom stereocenters. The van der Waals surface area contributed by atoms with E-state index in [4.69, 9.17) is 9.84 Å². The molecule has 8 heteroatoms. The Kier molecular flexibility index (Phi) is 6.66. The van der Waals surface area contributed by atoms with Crippen LogP contribution in [0.4, 0.5) is 18.9 Å². The molecule has 0 bridgehead atoms. The van der Waals surface area contributed by atoms with Crippen LogP contribution in [0.1, 0.15) is 30.4 Å². The molecule has 0 aliphatic carbocycles. The second-order valence-electron chi connectivity index (χ2n) is 6.36. The topological polar surface area (TPSA) is 66.8 Å². The zero-order valence-electron chi connectivity index (χ0n) is 15.4. The number of benzene rings is 2. The van der Waals surface area contributed by atoms with Crippen molar-refractivity contribution in [2.45, 2.75) is 25.4 Å². The number of aliphatic carboxylic acids is 1. The number of halogens is 3. The molecule has 2 aromatic carbocycles. The summed E-state index contributed by atoms with van der Waals surface area (Å²) in [7, 11) is 1.56. The van der Waals surface area contributed by atoms with E-state index in [9.17, 15) is 22.8 Å². The molecule has 0 aliphatic heterocycles. The highest BCUT2D eigenvalue weighted by atomic mass is 19.4. The monoisotopic (exact) mass is 395 g/mol. The molecule has 1 N–H and O–H groups in total. The lowest BCUT2D eigenvalue weighted by Gasteiger charge is -2.21. The Bertz CT molecular complexity index is 834. The number of nitrogens with zero attached hydrogens (tertiary/aromatic N) is 1. The number of alkyl halides is 3. The molecule has 0 spiro atoms. The van der Waals surface area contributed by atoms with Crippen LogP contribution in [0.3, 0.4) is 0 Å². The lowest BCUT2D eigenvalue weighted by molar-refractivity contribution is -0.139. The van der Waals surface area contributed by atoms with Crippen molar-refractivity contribution >= 4 is 17.6 Å². The van der Waals surface area contributed by atoms with Gasteiger partial charge >= 0.3 is 12.1 Å². The number of rotatable bonds is 7. The van der Waals surface area contributed by atoms with Crippen LogP contribution in [0.5, 0.6) is 5.75 Å². The van der Waals surface area contributed by atoms with Crippen LogP contribution in [-0.2, 0) is 15.8 Å². The molecule has 2 aromatic rings.